The van der Waals surface area contributed by atoms with Gasteiger partial charge in [-0.2, -0.15) is 0 Å². The highest BCUT2D eigenvalue weighted by Gasteiger charge is 2.13. The van der Waals surface area contributed by atoms with Gasteiger partial charge in [-0.1, -0.05) is 6.07 Å². The summed E-state index contributed by atoms with van der Waals surface area (Å²) in [6.07, 6.45) is 3.72. The van der Waals surface area contributed by atoms with Crippen molar-refractivity contribution in [3.63, 3.8) is 0 Å². The van der Waals surface area contributed by atoms with Crippen LogP contribution in [0.3, 0.4) is 0 Å². The molecule has 0 fully saturated rings. The van der Waals surface area contributed by atoms with Crippen LogP contribution < -0.4 is 14.8 Å². The van der Waals surface area contributed by atoms with Crippen LogP contribution in [0.15, 0.2) is 41.5 Å². The van der Waals surface area contributed by atoms with Gasteiger partial charge in [0.1, 0.15) is 5.82 Å². The summed E-state index contributed by atoms with van der Waals surface area (Å²) in [6, 6.07) is 9.96. The number of guanidine groups is 1. The van der Waals surface area contributed by atoms with E-state index in [0.717, 1.165) is 53.9 Å². The Labute approximate surface area is 207 Å². The first-order valence-electron chi connectivity index (χ1n) is 10.6. The Hall–Kier alpha value is -2.56. The number of ether oxygens (including phenoxy) is 2. The quantitative estimate of drug-likeness (QED) is 0.189. The van der Waals surface area contributed by atoms with E-state index in [1.54, 1.807) is 14.2 Å². The van der Waals surface area contributed by atoms with Crippen molar-refractivity contribution in [2.75, 3.05) is 34.4 Å². The molecule has 0 saturated heterocycles. The van der Waals surface area contributed by atoms with E-state index in [2.05, 4.69) is 34.3 Å². The molecule has 1 N–H and O–H groups in total. The molecule has 32 heavy (non-hydrogen) atoms. The second kappa shape index (κ2) is 12.5. The van der Waals surface area contributed by atoms with Crippen LogP contribution in [0.2, 0.25) is 0 Å². The van der Waals surface area contributed by atoms with E-state index in [1.165, 1.54) is 5.56 Å². The lowest BCUT2D eigenvalue weighted by Crippen LogP contribution is -2.38. The fourth-order valence-corrected chi connectivity index (χ4v) is 3.48. The Bertz CT molecular complexity index is 1040. The van der Waals surface area contributed by atoms with Crippen LogP contribution in [-0.2, 0) is 13.0 Å². The summed E-state index contributed by atoms with van der Waals surface area (Å²) < 4.78 is 12.9. The van der Waals surface area contributed by atoms with Crippen molar-refractivity contribution in [1.82, 2.24) is 24.8 Å². The number of hydrogen-bond donors (Lipinski definition) is 1. The summed E-state index contributed by atoms with van der Waals surface area (Å²) in [5.74, 6) is 3.32. The topological polar surface area (TPSA) is 76.3 Å². The molecule has 3 aromatic rings. The molecule has 8 nitrogen and oxygen atoms in total. The number of pyridine rings is 1. The van der Waals surface area contributed by atoms with Gasteiger partial charge in [0.2, 0.25) is 0 Å². The maximum absolute atomic E-state index is 5.46. The fraction of sp³-hybridized carbons (Fsp3) is 0.435. The largest absolute Gasteiger partial charge is 0.493 e. The third kappa shape index (κ3) is 6.24. The van der Waals surface area contributed by atoms with E-state index >= 15 is 0 Å². The highest BCUT2D eigenvalue weighted by atomic mass is 127. The van der Waals surface area contributed by atoms with Crippen molar-refractivity contribution in [2.45, 2.75) is 33.2 Å². The zero-order valence-electron chi connectivity index (χ0n) is 19.5. The average Bonchev–Trinajstić information content (AvgIpc) is 3.20. The minimum atomic E-state index is 0. The van der Waals surface area contributed by atoms with Gasteiger partial charge in [-0.3, -0.25) is 9.39 Å². The monoisotopic (exact) mass is 552 g/mol. The fourth-order valence-electron chi connectivity index (χ4n) is 3.48. The Morgan fingerprint density at radius 3 is 2.62 bits per heavy atom. The number of aliphatic imine (C=N–C) groups is 1. The molecule has 0 aliphatic heterocycles. The SMILES string of the molecule is CCNC(=NCCCc1nnc2ccccn12)N(C)Cc1cc(OC)c(OC)cc1C.I. The average molecular weight is 552 g/mol. The zero-order chi connectivity index (χ0) is 22.2. The maximum atomic E-state index is 5.46. The van der Waals surface area contributed by atoms with Gasteiger partial charge in [0.25, 0.3) is 0 Å². The highest BCUT2D eigenvalue weighted by Crippen LogP contribution is 2.30. The molecule has 0 aliphatic rings. The van der Waals surface area contributed by atoms with Gasteiger partial charge in [0.15, 0.2) is 23.1 Å². The van der Waals surface area contributed by atoms with Gasteiger partial charge in [-0.05, 0) is 55.7 Å². The number of benzene rings is 1. The molecule has 0 atom stereocenters. The summed E-state index contributed by atoms with van der Waals surface area (Å²) >= 11 is 0. The molecule has 0 spiro atoms. The number of halogens is 1. The minimum absolute atomic E-state index is 0. The van der Waals surface area contributed by atoms with Crippen molar-refractivity contribution in [3.05, 3.63) is 53.5 Å². The molecule has 9 heteroatoms. The van der Waals surface area contributed by atoms with Crippen molar-refractivity contribution in [2.24, 2.45) is 4.99 Å². The van der Waals surface area contributed by atoms with Crippen molar-refractivity contribution >= 4 is 35.6 Å². The molecular weight excluding hydrogens is 519 g/mol. The number of nitrogens with zero attached hydrogens (tertiary/aromatic N) is 5. The van der Waals surface area contributed by atoms with Gasteiger partial charge in [-0.15, -0.1) is 34.2 Å². The Morgan fingerprint density at radius 2 is 1.91 bits per heavy atom. The molecule has 1 aromatic carbocycles. The van der Waals surface area contributed by atoms with Gasteiger partial charge in [0.05, 0.1) is 14.2 Å². The zero-order valence-corrected chi connectivity index (χ0v) is 21.8. The number of methoxy groups -OCH3 is 2. The number of aromatic nitrogens is 3. The van der Waals surface area contributed by atoms with Crippen LogP contribution >= 0.6 is 24.0 Å². The van der Waals surface area contributed by atoms with Crippen LogP contribution in [0.5, 0.6) is 11.5 Å². The number of nitrogens with one attached hydrogen (secondary N) is 1. The second-order valence-electron chi connectivity index (χ2n) is 7.37. The van der Waals surface area contributed by atoms with Crippen LogP contribution in [0, 0.1) is 6.92 Å². The number of rotatable bonds is 9. The molecule has 2 aromatic heterocycles. The van der Waals surface area contributed by atoms with E-state index < -0.39 is 0 Å². The van der Waals surface area contributed by atoms with Crippen molar-refractivity contribution < 1.29 is 9.47 Å². The standard InChI is InChI=1S/C23H32N6O2.HI/c1-6-24-23(25-12-9-11-22-27-26-21-10-7-8-13-29(21)22)28(3)16-18-15-20(31-5)19(30-4)14-17(18)2;/h7-8,10,13-15H,6,9,11-12,16H2,1-5H3,(H,24,25);1H. The molecule has 0 aliphatic carbocycles. The Morgan fingerprint density at radius 1 is 1.16 bits per heavy atom. The van der Waals surface area contributed by atoms with Crippen LogP contribution in [0.1, 0.15) is 30.3 Å². The number of fused-ring (bicyclic) bond motifs is 1. The van der Waals surface area contributed by atoms with Crippen molar-refractivity contribution in [1.29, 1.82) is 0 Å². The third-order valence-electron chi connectivity index (χ3n) is 5.15. The minimum Gasteiger partial charge on any atom is -0.493 e. The predicted molar refractivity (Wildman–Crippen MR) is 138 cm³/mol. The van der Waals surface area contributed by atoms with E-state index in [4.69, 9.17) is 14.5 Å². The van der Waals surface area contributed by atoms with Gasteiger partial charge >= 0.3 is 0 Å². The van der Waals surface area contributed by atoms with Crippen molar-refractivity contribution in [3.8, 4) is 11.5 Å². The summed E-state index contributed by atoms with van der Waals surface area (Å²) in [6.45, 7) is 6.39. The molecule has 0 saturated carbocycles. The smallest absolute Gasteiger partial charge is 0.193 e. The molecular formula is C23H33IN6O2. The molecule has 0 amide bonds. The summed E-state index contributed by atoms with van der Waals surface area (Å²) in [7, 11) is 5.36. The van der Waals surface area contributed by atoms with Crippen LogP contribution in [0.25, 0.3) is 5.65 Å². The van der Waals surface area contributed by atoms with Gasteiger partial charge < -0.3 is 19.7 Å². The first-order valence-corrected chi connectivity index (χ1v) is 10.6. The lowest BCUT2D eigenvalue weighted by atomic mass is 10.1. The third-order valence-corrected chi connectivity index (χ3v) is 5.15. The molecule has 2 heterocycles. The molecule has 0 radical (unpaired) electrons. The molecule has 174 valence electrons. The van der Waals surface area contributed by atoms with E-state index in [1.807, 2.05) is 48.0 Å². The first-order chi connectivity index (χ1) is 15.1. The number of hydrogen-bond acceptors (Lipinski definition) is 5. The maximum Gasteiger partial charge on any atom is 0.193 e. The van der Waals surface area contributed by atoms with Crippen LogP contribution in [0.4, 0.5) is 0 Å². The highest BCUT2D eigenvalue weighted by molar-refractivity contribution is 14.0. The van der Waals surface area contributed by atoms with Crippen LogP contribution in [-0.4, -0.2) is 59.8 Å². The lowest BCUT2D eigenvalue weighted by Gasteiger charge is -2.23. The van der Waals surface area contributed by atoms with E-state index in [9.17, 15) is 0 Å². The van der Waals surface area contributed by atoms with Gasteiger partial charge in [-0.25, -0.2) is 0 Å². The summed E-state index contributed by atoms with van der Waals surface area (Å²) in [5, 5.41) is 11.9. The van der Waals surface area contributed by atoms with E-state index in [-0.39, 0.29) is 24.0 Å². The summed E-state index contributed by atoms with van der Waals surface area (Å²) in [4.78, 5) is 6.94. The molecule has 0 unspecified atom stereocenters. The predicted octanol–water partition coefficient (Wildman–Crippen LogP) is 3.70. The molecule has 3 rings (SSSR count). The van der Waals surface area contributed by atoms with E-state index in [0.29, 0.717) is 13.1 Å². The number of aryl methyl sites for hydroxylation is 2. The van der Waals surface area contributed by atoms with Gasteiger partial charge in [0, 0.05) is 39.3 Å². The Kier molecular flexibility index (Phi) is 10.0. The lowest BCUT2D eigenvalue weighted by molar-refractivity contribution is 0.353. The molecule has 0 bridgehead atoms. The Balaban J connectivity index is 0.00000363. The normalized spacial score (nSPS) is 11.2. The first kappa shape index (κ1) is 25.7. The second-order valence-corrected chi connectivity index (χ2v) is 7.37. The summed E-state index contributed by atoms with van der Waals surface area (Å²) in [5.41, 5.74) is 3.19.